The zero-order valence-corrected chi connectivity index (χ0v) is 11.2. The summed E-state index contributed by atoms with van der Waals surface area (Å²) in [5, 5.41) is 0. The summed E-state index contributed by atoms with van der Waals surface area (Å²) in [6, 6.07) is 5.65. The fourth-order valence-electron chi connectivity index (χ4n) is 1.91. The summed E-state index contributed by atoms with van der Waals surface area (Å²) >= 11 is 0. The number of amides is 1. The van der Waals surface area contributed by atoms with Crippen LogP contribution in [0.3, 0.4) is 0 Å². The number of nitrogens with one attached hydrogen (secondary N) is 1. The van der Waals surface area contributed by atoms with Gasteiger partial charge in [0, 0.05) is 18.7 Å². The molecule has 1 atom stereocenters. The number of carbonyl (C=O) groups is 1. The SMILES string of the molecule is NC(=O)c1cccc(S(=O)(=O)NCC2CCCO2)c1. The van der Waals surface area contributed by atoms with E-state index >= 15 is 0 Å². The van der Waals surface area contributed by atoms with Gasteiger partial charge in [-0.3, -0.25) is 4.79 Å². The van der Waals surface area contributed by atoms with Gasteiger partial charge in [-0.05, 0) is 31.0 Å². The molecule has 0 aliphatic carbocycles. The molecule has 1 fully saturated rings. The second kappa shape index (κ2) is 5.68. The number of rotatable bonds is 5. The molecule has 0 radical (unpaired) electrons. The third-order valence-corrected chi connectivity index (χ3v) is 4.38. The third-order valence-electron chi connectivity index (χ3n) is 2.95. The summed E-state index contributed by atoms with van der Waals surface area (Å²) in [5.74, 6) is -0.656. The molecule has 6 nitrogen and oxygen atoms in total. The first-order valence-corrected chi connectivity index (χ1v) is 7.48. The normalized spacial score (nSPS) is 19.5. The van der Waals surface area contributed by atoms with Crippen LogP contribution in [0.25, 0.3) is 0 Å². The van der Waals surface area contributed by atoms with Crippen LogP contribution in [0.2, 0.25) is 0 Å². The molecule has 104 valence electrons. The maximum absolute atomic E-state index is 12.0. The molecule has 0 aromatic heterocycles. The van der Waals surface area contributed by atoms with E-state index in [-0.39, 0.29) is 23.1 Å². The molecule has 1 amide bonds. The van der Waals surface area contributed by atoms with Crippen LogP contribution in [0.4, 0.5) is 0 Å². The van der Waals surface area contributed by atoms with E-state index in [2.05, 4.69) is 4.72 Å². The molecule has 1 aromatic rings. The number of carbonyl (C=O) groups excluding carboxylic acids is 1. The Kier molecular flexibility index (Phi) is 4.18. The standard InChI is InChI=1S/C12H16N2O4S/c13-12(15)9-3-1-5-11(7-9)19(16,17)14-8-10-4-2-6-18-10/h1,3,5,7,10,14H,2,4,6,8H2,(H2,13,15). The van der Waals surface area contributed by atoms with Crippen LogP contribution in [0.1, 0.15) is 23.2 Å². The molecule has 7 heteroatoms. The maximum atomic E-state index is 12.0. The lowest BCUT2D eigenvalue weighted by molar-refractivity contribution is 0.1000. The molecule has 0 spiro atoms. The molecule has 1 aliphatic heterocycles. The Balaban J connectivity index is 2.09. The number of ether oxygens (including phenoxy) is 1. The Hall–Kier alpha value is -1.44. The van der Waals surface area contributed by atoms with Gasteiger partial charge in [-0.2, -0.15) is 0 Å². The quantitative estimate of drug-likeness (QED) is 0.809. The number of nitrogens with two attached hydrogens (primary N) is 1. The van der Waals surface area contributed by atoms with Crippen molar-refractivity contribution in [1.29, 1.82) is 0 Å². The smallest absolute Gasteiger partial charge is 0.248 e. The second-order valence-electron chi connectivity index (χ2n) is 4.38. The lowest BCUT2D eigenvalue weighted by Crippen LogP contribution is -2.32. The maximum Gasteiger partial charge on any atom is 0.248 e. The highest BCUT2D eigenvalue weighted by molar-refractivity contribution is 7.89. The lowest BCUT2D eigenvalue weighted by atomic mass is 10.2. The molecule has 3 N–H and O–H groups in total. The van der Waals surface area contributed by atoms with Gasteiger partial charge in [0.25, 0.3) is 0 Å². The predicted molar refractivity (Wildman–Crippen MR) is 69.1 cm³/mol. The van der Waals surface area contributed by atoms with Crippen LogP contribution in [-0.4, -0.2) is 33.6 Å². The van der Waals surface area contributed by atoms with Crippen molar-refractivity contribution in [2.45, 2.75) is 23.8 Å². The highest BCUT2D eigenvalue weighted by Gasteiger charge is 2.20. The molecule has 1 aromatic carbocycles. The van der Waals surface area contributed by atoms with Crippen molar-refractivity contribution in [1.82, 2.24) is 4.72 Å². The molecule has 19 heavy (non-hydrogen) atoms. The Morgan fingerprint density at radius 2 is 2.26 bits per heavy atom. The zero-order chi connectivity index (χ0) is 13.9. The lowest BCUT2D eigenvalue weighted by Gasteiger charge is -2.11. The topological polar surface area (TPSA) is 98.5 Å². The van der Waals surface area contributed by atoms with Crippen molar-refractivity contribution < 1.29 is 17.9 Å². The van der Waals surface area contributed by atoms with E-state index in [0.29, 0.717) is 6.61 Å². The van der Waals surface area contributed by atoms with Crippen molar-refractivity contribution in [3.63, 3.8) is 0 Å². The number of hydrogen-bond acceptors (Lipinski definition) is 4. The first-order valence-electron chi connectivity index (χ1n) is 6.00. The van der Waals surface area contributed by atoms with Gasteiger partial charge in [-0.15, -0.1) is 0 Å². The van der Waals surface area contributed by atoms with Gasteiger partial charge in [0.15, 0.2) is 0 Å². The van der Waals surface area contributed by atoms with Crippen molar-refractivity contribution in [2.75, 3.05) is 13.2 Å². The van der Waals surface area contributed by atoms with E-state index in [1.165, 1.54) is 24.3 Å². The number of hydrogen-bond donors (Lipinski definition) is 2. The first kappa shape index (κ1) is 14.0. The van der Waals surface area contributed by atoms with Crippen LogP contribution >= 0.6 is 0 Å². The van der Waals surface area contributed by atoms with E-state index < -0.39 is 15.9 Å². The fraction of sp³-hybridized carbons (Fsp3) is 0.417. The Labute approximate surface area is 112 Å². The monoisotopic (exact) mass is 284 g/mol. The number of primary amides is 1. The highest BCUT2D eigenvalue weighted by Crippen LogP contribution is 2.14. The van der Waals surface area contributed by atoms with Gasteiger partial charge in [0.2, 0.25) is 15.9 Å². The average Bonchev–Trinajstić information content (AvgIpc) is 2.90. The second-order valence-corrected chi connectivity index (χ2v) is 6.15. The van der Waals surface area contributed by atoms with E-state index in [1.807, 2.05) is 0 Å². The van der Waals surface area contributed by atoms with Gasteiger partial charge in [0.1, 0.15) is 0 Å². The van der Waals surface area contributed by atoms with Crippen LogP contribution in [0.15, 0.2) is 29.2 Å². The number of benzene rings is 1. The summed E-state index contributed by atoms with van der Waals surface area (Å²) in [6.07, 6.45) is 1.72. The minimum Gasteiger partial charge on any atom is -0.377 e. The average molecular weight is 284 g/mol. The van der Waals surface area contributed by atoms with Gasteiger partial charge < -0.3 is 10.5 Å². The summed E-state index contributed by atoms with van der Waals surface area (Å²) in [4.78, 5) is 11.1. The molecule has 1 saturated heterocycles. The first-order chi connectivity index (χ1) is 8.99. The molecule has 0 bridgehead atoms. The van der Waals surface area contributed by atoms with E-state index in [9.17, 15) is 13.2 Å². The zero-order valence-electron chi connectivity index (χ0n) is 10.3. The minimum atomic E-state index is -3.64. The molecule has 2 rings (SSSR count). The molecule has 1 unspecified atom stereocenters. The molecule has 0 saturated carbocycles. The van der Waals surface area contributed by atoms with Crippen molar-refractivity contribution in [3.8, 4) is 0 Å². The minimum absolute atomic E-state index is 0.0294. The Morgan fingerprint density at radius 1 is 1.47 bits per heavy atom. The van der Waals surface area contributed by atoms with Crippen LogP contribution in [-0.2, 0) is 14.8 Å². The summed E-state index contributed by atoms with van der Waals surface area (Å²) in [5.41, 5.74) is 5.29. The predicted octanol–water partition coefficient (Wildman–Crippen LogP) is 0.243. The Bertz CT molecular complexity index is 565. The molecule has 1 heterocycles. The van der Waals surface area contributed by atoms with Crippen LogP contribution in [0, 0.1) is 0 Å². The molecule has 1 aliphatic rings. The molecular weight excluding hydrogens is 268 g/mol. The van der Waals surface area contributed by atoms with Crippen molar-refractivity contribution in [2.24, 2.45) is 5.73 Å². The van der Waals surface area contributed by atoms with Crippen LogP contribution < -0.4 is 10.5 Å². The van der Waals surface area contributed by atoms with Gasteiger partial charge >= 0.3 is 0 Å². The van der Waals surface area contributed by atoms with Crippen molar-refractivity contribution in [3.05, 3.63) is 29.8 Å². The summed E-state index contributed by atoms with van der Waals surface area (Å²) < 4.78 is 31.9. The molecular formula is C12H16N2O4S. The third kappa shape index (κ3) is 3.52. The van der Waals surface area contributed by atoms with E-state index in [1.54, 1.807) is 0 Å². The largest absolute Gasteiger partial charge is 0.377 e. The van der Waals surface area contributed by atoms with Gasteiger partial charge in [0.05, 0.1) is 11.0 Å². The highest BCUT2D eigenvalue weighted by atomic mass is 32.2. The Morgan fingerprint density at radius 3 is 2.89 bits per heavy atom. The van der Waals surface area contributed by atoms with E-state index in [0.717, 1.165) is 12.8 Å². The van der Waals surface area contributed by atoms with E-state index in [4.69, 9.17) is 10.5 Å². The fourth-order valence-corrected chi connectivity index (χ4v) is 3.02. The summed E-state index contributed by atoms with van der Waals surface area (Å²) in [6.45, 7) is 0.909. The van der Waals surface area contributed by atoms with Crippen LogP contribution in [0.5, 0.6) is 0 Å². The summed E-state index contributed by atoms with van der Waals surface area (Å²) in [7, 11) is -3.64. The number of sulfonamides is 1. The van der Waals surface area contributed by atoms with Crippen molar-refractivity contribution >= 4 is 15.9 Å². The van der Waals surface area contributed by atoms with Gasteiger partial charge in [-0.25, -0.2) is 13.1 Å². The van der Waals surface area contributed by atoms with Gasteiger partial charge in [-0.1, -0.05) is 6.07 Å².